The van der Waals surface area contributed by atoms with Crippen LogP contribution in [0, 0.1) is 6.92 Å². The van der Waals surface area contributed by atoms with Gasteiger partial charge in [-0.1, -0.05) is 367 Å². The van der Waals surface area contributed by atoms with Crippen molar-refractivity contribution in [1.29, 1.82) is 0 Å². The summed E-state index contributed by atoms with van der Waals surface area (Å²) in [5.74, 6) is 7.96. The number of hydrogen-bond donors (Lipinski definition) is 2. The molecule has 0 amide bonds. The van der Waals surface area contributed by atoms with Crippen LogP contribution in [0.3, 0.4) is 0 Å². The zero-order chi connectivity index (χ0) is 84.7. The van der Waals surface area contributed by atoms with Crippen molar-refractivity contribution in [3.63, 3.8) is 0 Å². The predicted octanol–water partition coefficient (Wildman–Crippen LogP) is 25.2. The van der Waals surface area contributed by atoms with Crippen molar-refractivity contribution >= 4 is 127 Å². The number of ether oxygens (including phenoxy) is 5. The molecule has 2 fully saturated rings. The summed E-state index contributed by atoms with van der Waals surface area (Å²) in [6.07, 6.45) is 14.4. The van der Waals surface area contributed by atoms with E-state index in [-0.39, 0.29) is 21.3 Å². The molecule has 18 aromatic carbocycles. The van der Waals surface area contributed by atoms with Gasteiger partial charge in [0.15, 0.2) is 0 Å². The number of rotatable bonds is 11. The third-order valence-electron chi connectivity index (χ3n) is 26.5. The van der Waals surface area contributed by atoms with Crippen molar-refractivity contribution in [1.82, 2.24) is 0 Å². The highest BCUT2D eigenvalue weighted by molar-refractivity contribution is 7.67. The average Bonchev–Trinajstić information content (AvgIpc) is 0.691. The van der Waals surface area contributed by atoms with Gasteiger partial charge in [-0.3, -0.25) is 0 Å². The molecule has 4 aliphatic heterocycles. The Labute approximate surface area is 743 Å². The van der Waals surface area contributed by atoms with Crippen LogP contribution in [0.5, 0.6) is 51.7 Å². The Morgan fingerprint density at radius 1 is 0.310 bits per heavy atom. The van der Waals surface area contributed by atoms with Crippen molar-refractivity contribution in [2.24, 2.45) is 0 Å². The Hall–Kier alpha value is -13.2. The second-order valence-corrected chi connectivity index (χ2v) is 36.8. The van der Waals surface area contributed by atoms with Crippen LogP contribution in [0.1, 0.15) is 69.8 Å². The Kier molecular flexibility index (Phi) is 22.3. The minimum atomic E-state index is -1.50. The topological polar surface area (TPSA) is 86.6 Å². The van der Waals surface area contributed by atoms with Gasteiger partial charge in [-0.2, -0.15) is 0 Å². The van der Waals surface area contributed by atoms with E-state index >= 15 is 0 Å². The summed E-state index contributed by atoms with van der Waals surface area (Å²) in [6, 6.07) is 129. The number of halogens is 1. The number of methoxy groups -OCH3 is 1. The van der Waals surface area contributed by atoms with Gasteiger partial charge < -0.3 is 33.7 Å². The Morgan fingerprint density at radius 3 is 1.11 bits per heavy atom. The lowest BCUT2D eigenvalue weighted by Gasteiger charge is -2.39. The summed E-state index contributed by atoms with van der Waals surface area (Å²) in [7, 11) is 0.185. The molecule has 2 N–H and O–H groups in total. The largest absolute Gasteiger partial charge is 0.496 e. The lowest BCUT2D eigenvalue weighted by molar-refractivity contribution is 0.416. The van der Waals surface area contributed by atoms with Crippen LogP contribution in [-0.4, -0.2) is 49.0 Å². The maximum Gasteiger partial charge on any atom is 0.489 e. The number of fused-ring (bicyclic) bond motifs is 12. The fraction of sp³-hybridized carbons (Fsp3) is 0.123. The number of hydrogen-bond acceptors (Lipinski definition) is 7. The first-order chi connectivity index (χ1) is 62.2. The molecule has 0 atom stereocenters. The maximum atomic E-state index is 9.94. The third kappa shape index (κ3) is 14.7. The summed E-state index contributed by atoms with van der Waals surface area (Å²) in [4.78, 5) is 0. The van der Waals surface area contributed by atoms with E-state index in [0.29, 0.717) is 10.5 Å². The summed E-state index contributed by atoms with van der Waals surface area (Å²) < 4.78 is 31.9. The smallest absolute Gasteiger partial charge is 0.489 e. The van der Waals surface area contributed by atoms with Crippen molar-refractivity contribution in [3.8, 4) is 119 Å². The molecular weight excluding hydrogens is 1580 g/mol. The summed E-state index contributed by atoms with van der Waals surface area (Å²) in [6.45, 7) is 2.33. The van der Waals surface area contributed by atoms with Crippen molar-refractivity contribution in [3.05, 3.63) is 381 Å². The molecule has 6 aliphatic rings. The minimum absolute atomic E-state index is 0.0221. The van der Waals surface area contributed by atoms with Crippen LogP contribution < -0.4 is 67.2 Å². The molecule has 2 aliphatic carbocycles. The predicted molar refractivity (Wildman–Crippen MR) is 530 cm³/mol. The zero-order valence-electron chi connectivity index (χ0n) is 70.4. The van der Waals surface area contributed by atoms with E-state index in [1.165, 1.54) is 125 Å². The average molecular weight is 1670 g/mol. The van der Waals surface area contributed by atoms with Gasteiger partial charge >= 0.3 is 7.12 Å². The molecule has 610 valence electrons. The standard InChI is InChI=1S/C44H27BO2.C26H35OP.C24H14BClO2.C20H15BO2/c1-2-14-28(15-3-1)41-31-18-6-8-20-33(31)42(34-21-9-7-19-32(34)41)30-17-5-4-16-29(30)35-26-27-40-43-44(35)47-39-25-13-11-23-37(39)45(43)36-22-10-12-24-38(36)46-40;1-20-12-11-18-24(27-2)26(20)23-17-9-10-19-25(23)28(21-13-5-3-6-14-21)22-15-7-4-8-16-22;26-19-10-4-1-7-15(19)16-13-14-22-23-24(16)28-21-12-6-3-9-18(21)25(23)17-8-2-5-11-20(17)27-22;22-21(23)20-17-12-6-4-10-15(17)19(14-8-2-1-3-9-14)16-11-5-7-13-18(16)20/h1-27H;9-12,17-19,21-22H,3-8,13-16H2,1-2H3;1-14H;1-13,22-23H. The minimum Gasteiger partial charge on any atom is -0.496 e. The first-order valence-electron chi connectivity index (χ1n) is 44.3. The Bertz CT molecular complexity index is 7020. The summed E-state index contributed by atoms with van der Waals surface area (Å²) in [5, 5.41) is 31.0. The van der Waals surface area contributed by atoms with Gasteiger partial charge in [-0.25, -0.2) is 0 Å². The molecule has 0 aromatic heterocycles. The Morgan fingerprint density at radius 2 is 0.667 bits per heavy atom. The highest BCUT2D eigenvalue weighted by Gasteiger charge is 2.44. The molecular formula is C114H91B3ClO7P. The molecule has 18 aromatic rings. The fourth-order valence-corrected chi connectivity index (χ4v) is 25.2. The molecule has 0 unspecified atom stereocenters. The van der Waals surface area contributed by atoms with Crippen LogP contribution >= 0.6 is 19.5 Å². The van der Waals surface area contributed by atoms with Gasteiger partial charge in [0, 0.05) is 38.2 Å². The van der Waals surface area contributed by atoms with Gasteiger partial charge in [-0.05, 0) is 230 Å². The van der Waals surface area contributed by atoms with Crippen LogP contribution in [-0.2, 0) is 0 Å². The van der Waals surface area contributed by atoms with E-state index in [1.54, 1.807) is 5.30 Å². The lowest BCUT2D eigenvalue weighted by atomic mass is 9.34. The molecule has 0 radical (unpaired) electrons. The first-order valence-corrected chi connectivity index (χ1v) is 46.2. The molecule has 0 spiro atoms. The lowest BCUT2D eigenvalue weighted by Crippen LogP contribution is -2.57. The van der Waals surface area contributed by atoms with Gasteiger partial charge in [0.25, 0.3) is 13.4 Å². The second-order valence-electron chi connectivity index (χ2n) is 33.6. The van der Waals surface area contributed by atoms with Crippen LogP contribution in [0.15, 0.2) is 370 Å². The van der Waals surface area contributed by atoms with Crippen LogP contribution in [0.25, 0.3) is 110 Å². The van der Waals surface area contributed by atoms with Crippen LogP contribution in [0.4, 0.5) is 0 Å². The zero-order valence-corrected chi connectivity index (χ0v) is 72.1. The van der Waals surface area contributed by atoms with Crippen molar-refractivity contribution in [2.45, 2.75) is 82.4 Å². The molecule has 126 heavy (non-hydrogen) atoms. The van der Waals surface area contributed by atoms with E-state index in [4.69, 9.17) is 35.3 Å². The number of aryl methyl sites for hydroxylation is 1. The van der Waals surface area contributed by atoms with Crippen LogP contribution in [0.2, 0.25) is 5.02 Å². The first kappa shape index (κ1) is 80.0. The van der Waals surface area contributed by atoms with E-state index < -0.39 is 7.12 Å². The molecule has 2 saturated carbocycles. The van der Waals surface area contributed by atoms with E-state index in [0.717, 1.165) is 151 Å². The molecule has 4 heterocycles. The molecule has 24 rings (SSSR count). The molecule has 0 bridgehead atoms. The maximum absolute atomic E-state index is 9.94. The van der Waals surface area contributed by atoms with E-state index in [9.17, 15) is 10.0 Å². The van der Waals surface area contributed by atoms with Gasteiger partial charge in [-0.15, -0.1) is 0 Å². The van der Waals surface area contributed by atoms with E-state index in [1.807, 2.05) is 141 Å². The summed E-state index contributed by atoms with van der Waals surface area (Å²) >= 11 is 6.52. The third-order valence-corrected chi connectivity index (χ3v) is 30.3. The Balaban J connectivity index is 0.000000107. The second kappa shape index (κ2) is 35.1. The molecule has 12 heteroatoms. The van der Waals surface area contributed by atoms with Gasteiger partial charge in [0.2, 0.25) is 0 Å². The van der Waals surface area contributed by atoms with E-state index in [2.05, 4.69) is 244 Å². The highest BCUT2D eigenvalue weighted by atomic mass is 35.5. The van der Waals surface area contributed by atoms with Crippen molar-refractivity contribution < 1.29 is 33.7 Å². The monoisotopic (exact) mass is 1670 g/mol. The number of benzene rings is 18. The fourth-order valence-electron chi connectivity index (χ4n) is 21.0. The number of para-hydroxylation sites is 4. The SMILES string of the molecule is COc1cccc(C)c1-c1ccccc1P(C1CCCCC1)C1CCCCC1.Clc1ccccc1-c1ccc2c3c1Oc1ccccc1B3c1ccccc1O2.OB(O)c1c2ccccc2c(-c2ccccc2)c2ccccc12.c1ccc(-c2c3ccccc3c(-c3ccccc3-c3ccc4c5c3Oc3ccccc3B5c3ccccc3O4)c3ccccc23)cc1. The quantitative estimate of drug-likeness (QED) is 0.0758. The molecule has 0 saturated heterocycles. The van der Waals surface area contributed by atoms with Crippen molar-refractivity contribution in [2.75, 3.05) is 7.11 Å². The van der Waals surface area contributed by atoms with Gasteiger partial charge in [0.1, 0.15) is 51.7 Å². The highest BCUT2D eigenvalue weighted by Crippen LogP contribution is 2.58. The normalized spacial score (nSPS) is 13.8. The summed E-state index contributed by atoms with van der Waals surface area (Å²) in [5.41, 5.74) is 24.5. The van der Waals surface area contributed by atoms with Gasteiger partial charge in [0.05, 0.1) is 7.11 Å². The molecule has 7 nitrogen and oxygen atoms in total.